The summed E-state index contributed by atoms with van der Waals surface area (Å²) in [4.78, 5) is 4.04. The molecule has 1 aromatic carbocycles. The Morgan fingerprint density at radius 2 is 2.27 bits per heavy atom. The smallest absolute Gasteiger partial charge is 0.189 e. The maximum absolute atomic E-state index is 12.9. The van der Waals surface area contributed by atoms with Crippen molar-refractivity contribution in [2.75, 3.05) is 11.1 Å². The third-order valence-corrected chi connectivity index (χ3v) is 3.04. The molecule has 2 rings (SSSR count). The summed E-state index contributed by atoms with van der Waals surface area (Å²) in [5, 5.41) is 4.35. The molecule has 0 spiro atoms. The van der Waals surface area contributed by atoms with Gasteiger partial charge in [-0.3, -0.25) is 0 Å². The van der Waals surface area contributed by atoms with Gasteiger partial charge in [0.05, 0.1) is 10.7 Å². The molecule has 0 amide bonds. The van der Waals surface area contributed by atoms with E-state index in [9.17, 15) is 4.39 Å². The van der Waals surface area contributed by atoms with E-state index in [1.54, 1.807) is 18.3 Å². The molecule has 0 fully saturated rings. The van der Waals surface area contributed by atoms with Crippen LogP contribution in [0.5, 0.6) is 0 Å². The molecule has 0 bridgehead atoms. The highest BCUT2D eigenvalue weighted by Crippen LogP contribution is 2.26. The van der Waals surface area contributed by atoms with Gasteiger partial charge in [0.2, 0.25) is 0 Å². The van der Waals surface area contributed by atoms with Crippen molar-refractivity contribution in [1.29, 1.82) is 0 Å². The van der Waals surface area contributed by atoms with Gasteiger partial charge in [-0.15, -0.1) is 0 Å². The SMILES string of the molecule is Nc1cnc(Nc2ccc(F)c(Br)c2)s1. The molecule has 0 atom stereocenters. The number of nitrogen functional groups attached to an aromatic ring is 1. The van der Waals surface area contributed by atoms with Crippen molar-refractivity contribution in [2.24, 2.45) is 0 Å². The van der Waals surface area contributed by atoms with Crippen LogP contribution in [0.3, 0.4) is 0 Å². The number of hydrogen-bond donors (Lipinski definition) is 2. The second kappa shape index (κ2) is 4.16. The van der Waals surface area contributed by atoms with Crippen LogP contribution in [0.4, 0.5) is 20.2 Å². The molecule has 0 aliphatic rings. The Morgan fingerprint density at radius 3 is 2.87 bits per heavy atom. The Balaban J connectivity index is 2.21. The maximum Gasteiger partial charge on any atom is 0.189 e. The minimum absolute atomic E-state index is 0.292. The highest BCUT2D eigenvalue weighted by atomic mass is 79.9. The van der Waals surface area contributed by atoms with Crippen LogP contribution in [-0.2, 0) is 0 Å². The lowest BCUT2D eigenvalue weighted by molar-refractivity contribution is 0.621. The molecular formula is C9H7BrFN3S. The average Bonchev–Trinajstić information content (AvgIpc) is 2.58. The van der Waals surface area contributed by atoms with Gasteiger partial charge in [0, 0.05) is 5.69 Å². The molecule has 6 heteroatoms. The van der Waals surface area contributed by atoms with E-state index in [2.05, 4.69) is 26.2 Å². The minimum atomic E-state index is -0.292. The molecule has 78 valence electrons. The van der Waals surface area contributed by atoms with Crippen LogP contribution in [0.2, 0.25) is 0 Å². The molecule has 0 aliphatic heterocycles. The van der Waals surface area contributed by atoms with Crippen molar-refractivity contribution in [3.63, 3.8) is 0 Å². The molecule has 1 aromatic heterocycles. The van der Waals surface area contributed by atoms with Crippen molar-refractivity contribution in [3.8, 4) is 0 Å². The van der Waals surface area contributed by atoms with Gasteiger partial charge >= 0.3 is 0 Å². The summed E-state index contributed by atoms with van der Waals surface area (Å²) in [6.45, 7) is 0. The van der Waals surface area contributed by atoms with Crippen molar-refractivity contribution in [3.05, 3.63) is 34.7 Å². The lowest BCUT2D eigenvalue weighted by atomic mass is 10.3. The Labute approximate surface area is 98.3 Å². The van der Waals surface area contributed by atoms with Gasteiger partial charge in [-0.05, 0) is 34.1 Å². The molecule has 0 saturated carbocycles. The summed E-state index contributed by atoms with van der Waals surface area (Å²) in [7, 11) is 0. The van der Waals surface area contributed by atoms with Gasteiger partial charge in [-0.1, -0.05) is 11.3 Å². The van der Waals surface area contributed by atoms with Crippen molar-refractivity contribution >= 4 is 43.1 Å². The molecule has 0 radical (unpaired) electrons. The number of thiazole rings is 1. The van der Waals surface area contributed by atoms with E-state index in [1.807, 2.05) is 0 Å². The van der Waals surface area contributed by atoms with Gasteiger partial charge < -0.3 is 11.1 Å². The number of benzene rings is 1. The zero-order valence-electron chi connectivity index (χ0n) is 7.50. The van der Waals surface area contributed by atoms with Crippen LogP contribution < -0.4 is 11.1 Å². The van der Waals surface area contributed by atoms with Gasteiger partial charge in [-0.25, -0.2) is 9.37 Å². The molecule has 0 aliphatic carbocycles. The molecule has 0 unspecified atom stereocenters. The van der Waals surface area contributed by atoms with Crippen LogP contribution in [0.1, 0.15) is 0 Å². The zero-order valence-corrected chi connectivity index (χ0v) is 9.90. The Morgan fingerprint density at radius 1 is 1.47 bits per heavy atom. The fourth-order valence-corrected chi connectivity index (χ4v) is 2.02. The lowest BCUT2D eigenvalue weighted by Crippen LogP contribution is -1.89. The molecule has 3 N–H and O–H groups in total. The monoisotopic (exact) mass is 287 g/mol. The standard InChI is InChI=1S/C9H7BrFN3S/c10-6-3-5(1-2-7(6)11)14-9-13-4-8(12)15-9/h1-4H,12H2,(H,13,14). The number of nitrogens with two attached hydrogens (primary N) is 1. The van der Waals surface area contributed by atoms with E-state index in [1.165, 1.54) is 17.4 Å². The molecule has 3 nitrogen and oxygen atoms in total. The zero-order chi connectivity index (χ0) is 10.8. The van der Waals surface area contributed by atoms with E-state index in [-0.39, 0.29) is 5.82 Å². The number of halogens is 2. The van der Waals surface area contributed by atoms with Gasteiger partial charge in [0.25, 0.3) is 0 Å². The number of hydrogen-bond acceptors (Lipinski definition) is 4. The maximum atomic E-state index is 12.9. The summed E-state index contributed by atoms with van der Waals surface area (Å²) >= 11 is 4.45. The Hall–Kier alpha value is -1.14. The van der Waals surface area contributed by atoms with Gasteiger partial charge in [0.1, 0.15) is 10.8 Å². The molecule has 0 saturated heterocycles. The molecular weight excluding hydrogens is 281 g/mol. The van der Waals surface area contributed by atoms with Crippen molar-refractivity contribution in [2.45, 2.75) is 0 Å². The van der Waals surface area contributed by atoms with Crippen LogP contribution in [0, 0.1) is 5.82 Å². The summed E-state index contributed by atoms with van der Waals surface area (Å²) in [6, 6.07) is 4.66. The van der Waals surface area contributed by atoms with Gasteiger partial charge in [0.15, 0.2) is 5.13 Å². The lowest BCUT2D eigenvalue weighted by Gasteiger charge is -2.02. The minimum Gasteiger partial charge on any atom is -0.389 e. The predicted octanol–water partition coefficient (Wildman–Crippen LogP) is 3.37. The first-order valence-corrected chi connectivity index (χ1v) is 5.69. The fraction of sp³-hybridized carbons (Fsp3) is 0. The molecule has 1 heterocycles. The van der Waals surface area contributed by atoms with E-state index < -0.39 is 0 Å². The average molecular weight is 288 g/mol. The second-order valence-corrected chi connectivity index (χ2v) is 4.74. The topological polar surface area (TPSA) is 50.9 Å². The first kappa shape index (κ1) is 10.4. The summed E-state index contributed by atoms with van der Waals surface area (Å²) < 4.78 is 13.3. The van der Waals surface area contributed by atoms with Crippen molar-refractivity contribution < 1.29 is 4.39 Å². The largest absolute Gasteiger partial charge is 0.389 e. The van der Waals surface area contributed by atoms with Crippen LogP contribution in [0.25, 0.3) is 0 Å². The molecule has 15 heavy (non-hydrogen) atoms. The third-order valence-electron chi connectivity index (χ3n) is 1.69. The highest BCUT2D eigenvalue weighted by Gasteiger charge is 2.02. The van der Waals surface area contributed by atoms with Gasteiger partial charge in [-0.2, -0.15) is 0 Å². The van der Waals surface area contributed by atoms with E-state index in [0.717, 1.165) is 5.69 Å². The molecule has 2 aromatic rings. The first-order chi connectivity index (χ1) is 7.15. The van der Waals surface area contributed by atoms with E-state index >= 15 is 0 Å². The first-order valence-electron chi connectivity index (χ1n) is 4.08. The third kappa shape index (κ3) is 2.45. The number of aromatic nitrogens is 1. The number of rotatable bonds is 2. The van der Waals surface area contributed by atoms with Crippen LogP contribution in [0.15, 0.2) is 28.9 Å². The number of anilines is 3. The van der Waals surface area contributed by atoms with Crippen LogP contribution in [-0.4, -0.2) is 4.98 Å². The summed E-state index contributed by atoms with van der Waals surface area (Å²) in [5.74, 6) is -0.292. The normalized spacial score (nSPS) is 10.3. The fourth-order valence-electron chi connectivity index (χ4n) is 1.04. The van der Waals surface area contributed by atoms with Crippen molar-refractivity contribution in [1.82, 2.24) is 4.98 Å². The predicted molar refractivity (Wildman–Crippen MR) is 63.9 cm³/mol. The highest BCUT2D eigenvalue weighted by molar-refractivity contribution is 9.10. The second-order valence-electron chi connectivity index (χ2n) is 2.82. The number of nitrogens with one attached hydrogen (secondary N) is 1. The Bertz CT molecular complexity index is 486. The van der Waals surface area contributed by atoms with E-state index in [0.29, 0.717) is 14.6 Å². The summed E-state index contributed by atoms with van der Waals surface area (Å²) in [5.41, 5.74) is 6.29. The quantitative estimate of drug-likeness (QED) is 0.890. The van der Waals surface area contributed by atoms with Crippen LogP contribution >= 0.6 is 27.3 Å². The number of nitrogens with zero attached hydrogens (tertiary/aromatic N) is 1. The summed E-state index contributed by atoms with van der Waals surface area (Å²) in [6.07, 6.45) is 1.57. The van der Waals surface area contributed by atoms with E-state index in [4.69, 9.17) is 5.73 Å². The Kier molecular flexibility index (Phi) is 2.88.